The first-order chi connectivity index (χ1) is 6.14. The number of carbonyl (C=O) groups excluding carboxylic acids is 2. The number of ketones is 1. The number of hydrogen-bond donors (Lipinski definition) is 0. The van der Waals surface area contributed by atoms with Gasteiger partial charge in [-0.2, -0.15) is 0 Å². The van der Waals surface area contributed by atoms with Crippen LogP contribution < -0.4 is 0 Å². The smallest absolute Gasteiger partial charge is 0.312 e. The molecule has 3 heteroatoms. The van der Waals surface area contributed by atoms with Gasteiger partial charge in [0.05, 0.1) is 12.5 Å². The van der Waals surface area contributed by atoms with Gasteiger partial charge in [-0.3, -0.25) is 9.59 Å². The highest BCUT2D eigenvalue weighted by Crippen LogP contribution is 2.38. The molecule has 0 aromatic rings. The molecule has 0 aromatic carbocycles. The average molecular weight is 184 g/mol. The summed E-state index contributed by atoms with van der Waals surface area (Å²) in [5, 5.41) is 0. The van der Waals surface area contributed by atoms with Crippen LogP contribution in [0.3, 0.4) is 0 Å². The fourth-order valence-electron chi connectivity index (χ4n) is 2.01. The van der Waals surface area contributed by atoms with Gasteiger partial charge in [-0.15, -0.1) is 0 Å². The SMILES string of the molecule is CCC1(C(=O)OC)CCCC(=O)C1. The van der Waals surface area contributed by atoms with Crippen molar-refractivity contribution in [3.05, 3.63) is 0 Å². The Bertz CT molecular complexity index is 222. The second-order valence-electron chi connectivity index (χ2n) is 3.69. The fourth-order valence-corrected chi connectivity index (χ4v) is 2.01. The van der Waals surface area contributed by atoms with Crippen molar-refractivity contribution in [2.75, 3.05) is 7.11 Å². The normalized spacial score (nSPS) is 28.6. The van der Waals surface area contributed by atoms with Crippen molar-refractivity contribution in [3.63, 3.8) is 0 Å². The first-order valence-electron chi connectivity index (χ1n) is 4.75. The van der Waals surface area contributed by atoms with Crippen LogP contribution in [0.2, 0.25) is 0 Å². The van der Waals surface area contributed by atoms with Gasteiger partial charge in [-0.25, -0.2) is 0 Å². The van der Waals surface area contributed by atoms with Crippen LogP contribution in [0.1, 0.15) is 39.0 Å². The Labute approximate surface area is 78.5 Å². The summed E-state index contributed by atoms with van der Waals surface area (Å²) in [7, 11) is 1.39. The molecule has 1 rings (SSSR count). The molecule has 0 spiro atoms. The molecule has 0 bridgehead atoms. The number of hydrogen-bond acceptors (Lipinski definition) is 3. The minimum atomic E-state index is -0.510. The highest BCUT2D eigenvalue weighted by Gasteiger charge is 2.41. The number of esters is 1. The van der Waals surface area contributed by atoms with E-state index in [1.54, 1.807) is 0 Å². The third-order valence-corrected chi connectivity index (χ3v) is 2.94. The van der Waals surface area contributed by atoms with Crippen molar-refractivity contribution in [2.45, 2.75) is 39.0 Å². The van der Waals surface area contributed by atoms with Crippen molar-refractivity contribution in [3.8, 4) is 0 Å². The predicted octanol–water partition coefficient (Wildman–Crippen LogP) is 1.70. The molecule has 13 heavy (non-hydrogen) atoms. The van der Waals surface area contributed by atoms with E-state index < -0.39 is 5.41 Å². The largest absolute Gasteiger partial charge is 0.469 e. The van der Waals surface area contributed by atoms with Crippen LogP contribution in [-0.4, -0.2) is 18.9 Å². The minimum absolute atomic E-state index is 0.193. The maximum absolute atomic E-state index is 11.5. The first-order valence-corrected chi connectivity index (χ1v) is 4.75. The molecule has 1 unspecified atom stereocenters. The van der Waals surface area contributed by atoms with E-state index in [-0.39, 0.29) is 11.8 Å². The Kier molecular flexibility index (Phi) is 3.07. The van der Waals surface area contributed by atoms with Gasteiger partial charge in [0, 0.05) is 12.8 Å². The first kappa shape index (κ1) is 10.2. The zero-order chi connectivity index (χ0) is 9.90. The lowest BCUT2D eigenvalue weighted by atomic mass is 9.72. The van der Waals surface area contributed by atoms with Crippen LogP contribution >= 0.6 is 0 Å². The molecule has 74 valence electrons. The second-order valence-corrected chi connectivity index (χ2v) is 3.69. The molecule has 0 radical (unpaired) electrons. The summed E-state index contributed by atoms with van der Waals surface area (Å²) >= 11 is 0. The van der Waals surface area contributed by atoms with E-state index in [1.807, 2.05) is 6.92 Å². The molecule has 1 fully saturated rings. The fraction of sp³-hybridized carbons (Fsp3) is 0.800. The molecule has 0 heterocycles. The molecule has 1 aliphatic carbocycles. The number of ether oxygens (including phenoxy) is 1. The lowest BCUT2D eigenvalue weighted by Crippen LogP contribution is -2.37. The van der Waals surface area contributed by atoms with Crippen LogP contribution in [0, 0.1) is 5.41 Å². The third-order valence-electron chi connectivity index (χ3n) is 2.94. The van der Waals surface area contributed by atoms with E-state index in [1.165, 1.54) is 7.11 Å². The summed E-state index contributed by atoms with van der Waals surface area (Å²) < 4.78 is 4.74. The summed E-state index contributed by atoms with van der Waals surface area (Å²) in [5.74, 6) is -0.0263. The Morgan fingerprint density at radius 1 is 1.62 bits per heavy atom. The van der Waals surface area contributed by atoms with E-state index >= 15 is 0 Å². The van der Waals surface area contributed by atoms with Gasteiger partial charge in [0.25, 0.3) is 0 Å². The Morgan fingerprint density at radius 2 is 2.31 bits per heavy atom. The topological polar surface area (TPSA) is 43.4 Å². The summed E-state index contributed by atoms with van der Waals surface area (Å²) in [6, 6.07) is 0. The molecular formula is C10H16O3. The van der Waals surface area contributed by atoms with E-state index in [4.69, 9.17) is 4.74 Å². The number of carbonyl (C=O) groups is 2. The molecule has 0 N–H and O–H groups in total. The highest BCUT2D eigenvalue weighted by molar-refractivity contribution is 5.88. The zero-order valence-electron chi connectivity index (χ0n) is 8.26. The quantitative estimate of drug-likeness (QED) is 0.613. The van der Waals surface area contributed by atoms with E-state index in [0.717, 1.165) is 12.8 Å². The number of Topliss-reactive ketones (excluding diaryl/α,β-unsaturated/α-hetero) is 1. The Balaban J connectivity index is 2.78. The summed E-state index contributed by atoms with van der Waals surface area (Å²) in [5.41, 5.74) is -0.510. The standard InChI is InChI=1S/C10H16O3/c1-3-10(9(12)13-2)6-4-5-8(11)7-10/h3-7H2,1-2H3. The van der Waals surface area contributed by atoms with Crippen molar-refractivity contribution in [1.82, 2.24) is 0 Å². The summed E-state index contributed by atoms with van der Waals surface area (Å²) in [6.07, 6.45) is 3.31. The number of rotatable bonds is 2. The highest BCUT2D eigenvalue weighted by atomic mass is 16.5. The van der Waals surface area contributed by atoms with Gasteiger partial charge >= 0.3 is 5.97 Å². The van der Waals surface area contributed by atoms with Gasteiger partial charge in [0.2, 0.25) is 0 Å². The minimum Gasteiger partial charge on any atom is -0.469 e. The van der Waals surface area contributed by atoms with Crippen LogP contribution in [-0.2, 0) is 14.3 Å². The van der Waals surface area contributed by atoms with Crippen LogP contribution in [0.4, 0.5) is 0 Å². The molecule has 0 aromatic heterocycles. The molecule has 3 nitrogen and oxygen atoms in total. The second kappa shape index (κ2) is 3.90. The molecule has 1 atom stereocenters. The van der Waals surface area contributed by atoms with Gasteiger partial charge in [0.15, 0.2) is 0 Å². The van der Waals surface area contributed by atoms with Gasteiger partial charge < -0.3 is 4.74 Å². The van der Waals surface area contributed by atoms with E-state index in [2.05, 4.69) is 0 Å². The summed E-state index contributed by atoms with van der Waals surface area (Å²) in [4.78, 5) is 22.7. The lowest BCUT2D eigenvalue weighted by Gasteiger charge is -2.32. The maximum Gasteiger partial charge on any atom is 0.312 e. The lowest BCUT2D eigenvalue weighted by molar-refractivity contribution is -0.157. The average Bonchev–Trinajstić information content (AvgIpc) is 2.16. The molecule has 0 saturated heterocycles. The maximum atomic E-state index is 11.5. The van der Waals surface area contributed by atoms with Crippen molar-refractivity contribution < 1.29 is 14.3 Å². The van der Waals surface area contributed by atoms with Crippen LogP contribution in [0.15, 0.2) is 0 Å². The number of methoxy groups -OCH3 is 1. The third kappa shape index (κ3) is 1.90. The summed E-state index contributed by atoms with van der Waals surface area (Å²) in [6.45, 7) is 1.94. The molecule has 1 aliphatic rings. The Morgan fingerprint density at radius 3 is 2.77 bits per heavy atom. The molecular weight excluding hydrogens is 168 g/mol. The predicted molar refractivity (Wildman–Crippen MR) is 48.2 cm³/mol. The van der Waals surface area contributed by atoms with Crippen LogP contribution in [0.25, 0.3) is 0 Å². The van der Waals surface area contributed by atoms with E-state index in [0.29, 0.717) is 19.3 Å². The van der Waals surface area contributed by atoms with Crippen molar-refractivity contribution >= 4 is 11.8 Å². The van der Waals surface area contributed by atoms with Gasteiger partial charge in [-0.1, -0.05) is 6.92 Å². The van der Waals surface area contributed by atoms with E-state index in [9.17, 15) is 9.59 Å². The Hall–Kier alpha value is -0.860. The monoisotopic (exact) mass is 184 g/mol. The van der Waals surface area contributed by atoms with Gasteiger partial charge in [0.1, 0.15) is 5.78 Å². The van der Waals surface area contributed by atoms with Crippen molar-refractivity contribution in [1.29, 1.82) is 0 Å². The van der Waals surface area contributed by atoms with Crippen molar-refractivity contribution in [2.24, 2.45) is 5.41 Å². The zero-order valence-corrected chi connectivity index (χ0v) is 8.26. The van der Waals surface area contributed by atoms with Gasteiger partial charge in [-0.05, 0) is 19.3 Å². The molecule has 1 saturated carbocycles. The molecule has 0 aliphatic heterocycles. The molecule has 0 amide bonds. The van der Waals surface area contributed by atoms with Crippen LogP contribution in [0.5, 0.6) is 0 Å².